The second-order valence-electron chi connectivity index (χ2n) is 7.70. The van der Waals surface area contributed by atoms with E-state index in [9.17, 15) is 4.79 Å². The first kappa shape index (κ1) is 22.0. The molecule has 0 unspecified atom stereocenters. The van der Waals surface area contributed by atoms with Gasteiger partial charge in [-0.2, -0.15) is 0 Å². The first-order chi connectivity index (χ1) is 14.6. The van der Waals surface area contributed by atoms with Crippen molar-refractivity contribution < 1.29 is 9.53 Å². The van der Waals surface area contributed by atoms with Crippen LogP contribution in [-0.2, 0) is 5.75 Å². The van der Waals surface area contributed by atoms with Gasteiger partial charge in [0.05, 0.1) is 18.7 Å². The van der Waals surface area contributed by atoms with Gasteiger partial charge in [-0.15, -0.1) is 11.8 Å². The number of hydrogen-bond donors (Lipinski definition) is 1. The second-order valence-corrected chi connectivity index (χ2v) is 8.72. The molecule has 0 bridgehead atoms. The Balaban J connectivity index is 1.76. The van der Waals surface area contributed by atoms with Crippen LogP contribution in [0.1, 0.15) is 47.8 Å². The predicted molar refractivity (Wildman–Crippen MR) is 125 cm³/mol. The van der Waals surface area contributed by atoms with Crippen LogP contribution in [0.2, 0.25) is 0 Å². The summed E-state index contributed by atoms with van der Waals surface area (Å²) in [4.78, 5) is 14.2. The Labute approximate surface area is 183 Å². The Morgan fingerprint density at radius 3 is 2.27 bits per heavy atom. The van der Waals surface area contributed by atoms with Crippen molar-refractivity contribution in [2.75, 3.05) is 7.11 Å². The molecule has 0 saturated carbocycles. The quantitative estimate of drug-likeness (QED) is 0.402. The lowest BCUT2D eigenvalue weighted by Gasteiger charge is -2.22. The molecule has 3 nitrogen and oxygen atoms in total. The number of thioether (sulfide) groups is 1. The molecular weight excluding hydrogens is 390 g/mol. The van der Waals surface area contributed by atoms with Crippen LogP contribution in [0.15, 0.2) is 83.8 Å². The highest BCUT2D eigenvalue weighted by Gasteiger charge is 2.19. The molecular formula is C26H29NO2S. The average molecular weight is 420 g/mol. The predicted octanol–water partition coefficient (Wildman–Crippen LogP) is 6.50. The molecule has 0 aliphatic carbocycles. The van der Waals surface area contributed by atoms with Crippen LogP contribution in [0.25, 0.3) is 0 Å². The zero-order valence-electron chi connectivity index (χ0n) is 17.8. The van der Waals surface area contributed by atoms with E-state index in [1.165, 1.54) is 5.56 Å². The number of carbonyl (C=O) groups is 1. The smallest absolute Gasteiger partial charge is 0.252 e. The molecule has 3 aromatic rings. The molecule has 4 heteroatoms. The summed E-state index contributed by atoms with van der Waals surface area (Å²) in [6, 6.07) is 26.1. The third-order valence-corrected chi connectivity index (χ3v) is 6.04. The number of carbonyl (C=O) groups excluding carboxylic acids is 1. The summed E-state index contributed by atoms with van der Waals surface area (Å²) in [5.41, 5.74) is 3.06. The summed E-state index contributed by atoms with van der Waals surface area (Å²) in [6.45, 7) is 4.35. The third-order valence-electron chi connectivity index (χ3n) is 4.90. The van der Waals surface area contributed by atoms with Crippen molar-refractivity contribution in [3.63, 3.8) is 0 Å². The van der Waals surface area contributed by atoms with E-state index in [-0.39, 0.29) is 11.9 Å². The Kier molecular flexibility index (Phi) is 7.97. The molecule has 0 aromatic heterocycles. The fraction of sp³-hybridized carbons (Fsp3) is 0.269. The van der Waals surface area contributed by atoms with Crippen molar-refractivity contribution in [2.24, 2.45) is 5.92 Å². The topological polar surface area (TPSA) is 38.3 Å². The van der Waals surface area contributed by atoms with E-state index in [4.69, 9.17) is 4.74 Å². The fourth-order valence-electron chi connectivity index (χ4n) is 3.34. The molecule has 0 radical (unpaired) electrons. The van der Waals surface area contributed by atoms with E-state index >= 15 is 0 Å². The average Bonchev–Trinajstić information content (AvgIpc) is 2.78. The second kappa shape index (κ2) is 10.9. The minimum Gasteiger partial charge on any atom is -0.497 e. The van der Waals surface area contributed by atoms with Crippen LogP contribution in [0.4, 0.5) is 0 Å². The number of amides is 1. The van der Waals surface area contributed by atoms with Gasteiger partial charge in [-0.05, 0) is 47.7 Å². The largest absolute Gasteiger partial charge is 0.497 e. The standard InChI is InChI=1S/C26H29NO2S/c1-19(2)17-24(21-13-15-22(29-3)16-14-21)27-26(28)23-11-7-8-12-25(23)30-18-20-9-5-4-6-10-20/h4-16,19,24H,17-18H2,1-3H3,(H,27,28)/t24-/m1/s1. The maximum Gasteiger partial charge on any atom is 0.252 e. The van der Waals surface area contributed by atoms with E-state index in [0.717, 1.165) is 33.9 Å². The van der Waals surface area contributed by atoms with Crippen LogP contribution in [-0.4, -0.2) is 13.0 Å². The molecule has 0 spiro atoms. The third kappa shape index (κ3) is 6.14. The van der Waals surface area contributed by atoms with Crippen molar-refractivity contribution in [3.05, 3.63) is 95.6 Å². The highest BCUT2D eigenvalue weighted by molar-refractivity contribution is 7.98. The first-order valence-corrected chi connectivity index (χ1v) is 11.3. The van der Waals surface area contributed by atoms with E-state index in [1.54, 1.807) is 18.9 Å². The normalized spacial score (nSPS) is 11.9. The van der Waals surface area contributed by atoms with Crippen LogP contribution in [0, 0.1) is 5.92 Å². The summed E-state index contributed by atoms with van der Waals surface area (Å²) in [5, 5.41) is 3.26. The highest BCUT2D eigenvalue weighted by atomic mass is 32.2. The number of nitrogens with one attached hydrogen (secondary N) is 1. The van der Waals surface area contributed by atoms with Crippen LogP contribution in [0.5, 0.6) is 5.75 Å². The maximum absolute atomic E-state index is 13.2. The molecule has 0 aliphatic rings. The van der Waals surface area contributed by atoms with E-state index in [2.05, 4.69) is 31.3 Å². The van der Waals surface area contributed by atoms with Gasteiger partial charge in [0.2, 0.25) is 0 Å². The molecule has 3 rings (SSSR count). The summed E-state index contributed by atoms with van der Waals surface area (Å²) in [6.07, 6.45) is 0.872. The Hall–Kier alpha value is -2.72. The number of ether oxygens (including phenoxy) is 1. The zero-order valence-corrected chi connectivity index (χ0v) is 18.6. The van der Waals surface area contributed by atoms with E-state index in [1.807, 2.05) is 66.7 Å². The molecule has 0 saturated heterocycles. The van der Waals surface area contributed by atoms with E-state index in [0.29, 0.717) is 5.92 Å². The molecule has 3 aromatic carbocycles. The lowest BCUT2D eigenvalue weighted by molar-refractivity contribution is 0.0929. The van der Waals surface area contributed by atoms with Crippen molar-refractivity contribution in [1.29, 1.82) is 0 Å². The minimum atomic E-state index is -0.0458. The lowest BCUT2D eigenvalue weighted by atomic mass is 9.96. The summed E-state index contributed by atoms with van der Waals surface area (Å²) < 4.78 is 5.27. The molecule has 156 valence electrons. The highest BCUT2D eigenvalue weighted by Crippen LogP contribution is 2.28. The monoisotopic (exact) mass is 419 g/mol. The molecule has 0 heterocycles. The van der Waals surface area contributed by atoms with Crippen molar-refractivity contribution >= 4 is 17.7 Å². The molecule has 1 N–H and O–H groups in total. The molecule has 0 fully saturated rings. The van der Waals surface area contributed by atoms with Gasteiger partial charge in [0, 0.05) is 10.6 Å². The fourth-order valence-corrected chi connectivity index (χ4v) is 4.34. The van der Waals surface area contributed by atoms with Gasteiger partial charge in [-0.3, -0.25) is 4.79 Å². The van der Waals surface area contributed by atoms with Gasteiger partial charge in [0.25, 0.3) is 5.91 Å². The lowest BCUT2D eigenvalue weighted by Crippen LogP contribution is -2.30. The summed E-state index contributed by atoms with van der Waals surface area (Å²) >= 11 is 1.69. The molecule has 1 amide bonds. The van der Waals surface area contributed by atoms with Crippen LogP contribution >= 0.6 is 11.8 Å². The Morgan fingerprint density at radius 2 is 1.60 bits per heavy atom. The molecule has 30 heavy (non-hydrogen) atoms. The van der Waals surface area contributed by atoms with Gasteiger partial charge >= 0.3 is 0 Å². The molecule has 1 atom stereocenters. The van der Waals surface area contributed by atoms with Gasteiger partial charge in [-0.1, -0.05) is 68.4 Å². The zero-order chi connectivity index (χ0) is 21.3. The first-order valence-electron chi connectivity index (χ1n) is 10.3. The van der Waals surface area contributed by atoms with Gasteiger partial charge in [-0.25, -0.2) is 0 Å². The summed E-state index contributed by atoms with van der Waals surface area (Å²) in [5.74, 6) is 2.07. The van der Waals surface area contributed by atoms with E-state index < -0.39 is 0 Å². The van der Waals surface area contributed by atoms with Gasteiger partial charge < -0.3 is 10.1 Å². The van der Waals surface area contributed by atoms with Crippen molar-refractivity contribution in [2.45, 2.75) is 37.0 Å². The number of hydrogen-bond acceptors (Lipinski definition) is 3. The van der Waals surface area contributed by atoms with Gasteiger partial charge in [0.1, 0.15) is 5.75 Å². The van der Waals surface area contributed by atoms with Crippen LogP contribution in [0.3, 0.4) is 0 Å². The number of benzene rings is 3. The van der Waals surface area contributed by atoms with Crippen LogP contribution < -0.4 is 10.1 Å². The Bertz CT molecular complexity index is 939. The van der Waals surface area contributed by atoms with Gasteiger partial charge in [0.15, 0.2) is 0 Å². The minimum absolute atomic E-state index is 0.0346. The van der Waals surface area contributed by atoms with Crippen molar-refractivity contribution in [1.82, 2.24) is 5.32 Å². The Morgan fingerprint density at radius 1 is 0.933 bits per heavy atom. The number of methoxy groups -OCH3 is 1. The summed E-state index contributed by atoms with van der Waals surface area (Å²) in [7, 11) is 1.66. The molecule has 0 aliphatic heterocycles. The maximum atomic E-state index is 13.2. The SMILES string of the molecule is COc1ccc([C@@H](CC(C)C)NC(=O)c2ccccc2SCc2ccccc2)cc1. The van der Waals surface area contributed by atoms with Crippen molar-refractivity contribution in [3.8, 4) is 5.75 Å². The number of rotatable bonds is 9.